The van der Waals surface area contributed by atoms with E-state index in [9.17, 15) is 4.79 Å². The maximum absolute atomic E-state index is 12.0. The molecule has 6 nitrogen and oxygen atoms in total. The number of hydrogen-bond donors (Lipinski definition) is 2. The third-order valence-electron chi connectivity index (χ3n) is 2.57. The van der Waals surface area contributed by atoms with Gasteiger partial charge in [-0.1, -0.05) is 6.92 Å². The summed E-state index contributed by atoms with van der Waals surface area (Å²) < 4.78 is 1.56. The summed E-state index contributed by atoms with van der Waals surface area (Å²) in [6, 6.07) is 1.75. The topological polar surface area (TPSA) is 75.6 Å². The third kappa shape index (κ3) is 2.20. The fourth-order valence-electron chi connectivity index (χ4n) is 1.69. The second-order valence-electron chi connectivity index (χ2n) is 3.87. The smallest absolute Gasteiger partial charge is 0.275 e. The fraction of sp³-hybridized carbons (Fsp3) is 0.364. The van der Waals surface area contributed by atoms with Gasteiger partial charge < -0.3 is 5.32 Å². The van der Waals surface area contributed by atoms with Crippen molar-refractivity contribution < 1.29 is 4.79 Å². The van der Waals surface area contributed by atoms with Gasteiger partial charge in [0.2, 0.25) is 0 Å². The molecule has 0 saturated carbocycles. The van der Waals surface area contributed by atoms with E-state index in [-0.39, 0.29) is 5.91 Å². The molecular weight excluding hydrogens is 218 g/mol. The van der Waals surface area contributed by atoms with Gasteiger partial charge in [0.25, 0.3) is 5.91 Å². The normalized spacial score (nSPS) is 10.5. The lowest BCUT2D eigenvalue weighted by Crippen LogP contribution is -2.17. The fourth-order valence-corrected chi connectivity index (χ4v) is 1.69. The number of hydrogen-bond acceptors (Lipinski definition) is 3. The van der Waals surface area contributed by atoms with Crippen molar-refractivity contribution >= 4 is 11.7 Å². The van der Waals surface area contributed by atoms with Crippen LogP contribution in [0.1, 0.15) is 28.7 Å². The molecule has 0 aliphatic heterocycles. The van der Waals surface area contributed by atoms with Crippen LogP contribution in [0.5, 0.6) is 0 Å². The summed E-state index contributed by atoms with van der Waals surface area (Å²) in [7, 11) is 1.75. The van der Waals surface area contributed by atoms with Crippen molar-refractivity contribution in [1.29, 1.82) is 0 Å². The van der Waals surface area contributed by atoms with Gasteiger partial charge in [0.1, 0.15) is 11.5 Å². The third-order valence-corrected chi connectivity index (χ3v) is 2.57. The number of nitrogens with zero attached hydrogens (tertiary/aromatic N) is 3. The summed E-state index contributed by atoms with van der Waals surface area (Å²) >= 11 is 0. The molecule has 17 heavy (non-hydrogen) atoms. The molecule has 0 bridgehead atoms. The molecule has 2 N–H and O–H groups in total. The number of amides is 1. The Kier molecular flexibility index (Phi) is 2.95. The molecule has 0 aliphatic rings. The summed E-state index contributed by atoms with van der Waals surface area (Å²) in [4.78, 5) is 12.0. The van der Waals surface area contributed by atoms with Crippen molar-refractivity contribution in [1.82, 2.24) is 20.0 Å². The van der Waals surface area contributed by atoms with Crippen LogP contribution in [0.4, 0.5) is 5.82 Å². The molecule has 0 spiro atoms. The van der Waals surface area contributed by atoms with Gasteiger partial charge in [-0.2, -0.15) is 10.2 Å². The molecule has 0 aromatic carbocycles. The number of nitrogens with one attached hydrogen (secondary N) is 2. The Morgan fingerprint density at radius 1 is 1.59 bits per heavy atom. The molecule has 6 heteroatoms. The number of carbonyl (C=O) groups is 1. The number of aryl methyl sites for hydroxylation is 3. The first-order valence-corrected chi connectivity index (χ1v) is 5.46. The zero-order chi connectivity index (χ0) is 12.4. The molecule has 2 aromatic rings. The van der Waals surface area contributed by atoms with E-state index in [0.29, 0.717) is 11.5 Å². The van der Waals surface area contributed by atoms with Crippen molar-refractivity contribution in [3.8, 4) is 0 Å². The molecule has 2 heterocycles. The standard InChI is InChI=1S/C11H15N5O/c1-4-8-6-12-14-10(8)13-11(17)9-5-7(2)15-16(9)3/h5-6H,4H2,1-3H3,(H2,12,13,14,17). The summed E-state index contributed by atoms with van der Waals surface area (Å²) in [5, 5.41) is 13.6. The van der Waals surface area contributed by atoms with Crippen molar-refractivity contribution in [2.45, 2.75) is 20.3 Å². The SMILES string of the molecule is CCc1cn[nH]c1NC(=O)c1cc(C)nn1C. The molecule has 1 amide bonds. The van der Waals surface area contributed by atoms with Crippen LogP contribution in [0.2, 0.25) is 0 Å². The molecule has 0 radical (unpaired) electrons. The van der Waals surface area contributed by atoms with E-state index < -0.39 is 0 Å². The summed E-state index contributed by atoms with van der Waals surface area (Å²) in [6.07, 6.45) is 2.53. The van der Waals surface area contributed by atoms with E-state index in [1.165, 1.54) is 0 Å². The van der Waals surface area contributed by atoms with E-state index in [4.69, 9.17) is 0 Å². The summed E-state index contributed by atoms with van der Waals surface area (Å²) in [5.74, 6) is 0.461. The van der Waals surface area contributed by atoms with Gasteiger partial charge in [-0.15, -0.1) is 0 Å². The maximum Gasteiger partial charge on any atom is 0.275 e. The number of carbonyl (C=O) groups excluding carboxylic acids is 1. The molecule has 0 unspecified atom stereocenters. The molecular formula is C11H15N5O. The molecule has 0 atom stereocenters. The van der Waals surface area contributed by atoms with Crippen LogP contribution < -0.4 is 5.32 Å². The van der Waals surface area contributed by atoms with Crippen LogP contribution in [0.3, 0.4) is 0 Å². The molecule has 0 saturated heterocycles. The predicted molar refractivity (Wildman–Crippen MR) is 63.9 cm³/mol. The lowest BCUT2D eigenvalue weighted by atomic mass is 10.2. The molecule has 0 fully saturated rings. The minimum atomic E-state index is -0.188. The highest BCUT2D eigenvalue weighted by Crippen LogP contribution is 2.13. The maximum atomic E-state index is 12.0. The van der Waals surface area contributed by atoms with Crippen molar-refractivity contribution in [3.63, 3.8) is 0 Å². The van der Waals surface area contributed by atoms with E-state index >= 15 is 0 Å². The molecule has 0 aliphatic carbocycles. The van der Waals surface area contributed by atoms with Crippen LogP contribution in [0.15, 0.2) is 12.3 Å². The van der Waals surface area contributed by atoms with Crippen molar-refractivity contribution in [3.05, 3.63) is 29.2 Å². The van der Waals surface area contributed by atoms with E-state index in [0.717, 1.165) is 17.7 Å². The van der Waals surface area contributed by atoms with Crippen LogP contribution in [0, 0.1) is 6.92 Å². The number of aromatic nitrogens is 4. The Morgan fingerprint density at radius 3 is 2.94 bits per heavy atom. The largest absolute Gasteiger partial charge is 0.305 e. The lowest BCUT2D eigenvalue weighted by molar-refractivity contribution is 0.101. The molecule has 2 aromatic heterocycles. The predicted octanol–water partition coefficient (Wildman–Crippen LogP) is 1.27. The Morgan fingerprint density at radius 2 is 2.35 bits per heavy atom. The highest BCUT2D eigenvalue weighted by Gasteiger charge is 2.14. The Hall–Kier alpha value is -2.11. The number of rotatable bonds is 3. The number of H-pyrrole nitrogens is 1. The van der Waals surface area contributed by atoms with Gasteiger partial charge in [0.05, 0.1) is 11.9 Å². The molecule has 90 valence electrons. The van der Waals surface area contributed by atoms with Crippen LogP contribution >= 0.6 is 0 Å². The number of aromatic amines is 1. The van der Waals surface area contributed by atoms with Crippen LogP contribution in [-0.4, -0.2) is 25.9 Å². The zero-order valence-electron chi connectivity index (χ0n) is 10.1. The minimum absolute atomic E-state index is 0.188. The quantitative estimate of drug-likeness (QED) is 0.838. The minimum Gasteiger partial charge on any atom is -0.305 e. The highest BCUT2D eigenvalue weighted by molar-refractivity contribution is 6.02. The van der Waals surface area contributed by atoms with E-state index in [1.54, 1.807) is 24.0 Å². The van der Waals surface area contributed by atoms with Gasteiger partial charge in [0.15, 0.2) is 0 Å². The Balaban J connectivity index is 2.20. The van der Waals surface area contributed by atoms with Gasteiger partial charge in [0, 0.05) is 12.6 Å². The van der Waals surface area contributed by atoms with Gasteiger partial charge in [-0.05, 0) is 19.4 Å². The van der Waals surface area contributed by atoms with Gasteiger partial charge >= 0.3 is 0 Å². The Labute approximate surface area is 99.0 Å². The van der Waals surface area contributed by atoms with Gasteiger partial charge in [-0.3, -0.25) is 14.6 Å². The average molecular weight is 233 g/mol. The summed E-state index contributed by atoms with van der Waals surface area (Å²) in [5.41, 5.74) is 2.33. The second-order valence-corrected chi connectivity index (χ2v) is 3.87. The first kappa shape index (κ1) is 11.4. The monoisotopic (exact) mass is 233 g/mol. The van der Waals surface area contributed by atoms with Gasteiger partial charge in [-0.25, -0.2) is 0 Å². The van der Waals surface area contributed by atoms with Crippen molar-refractivity contribution in [2.75, 3.05) is 5.32 Å². The highest BCUT2D eigenvalue weighted by atomic mass is 16.2. The van der Waals surface area contributed by atoms with Crippen LogP contribution in [-0.2, 0) is 13.5 Å². The number of anilines is 1. The molecule has 2 rings (SSSR count). The summed E-state index contributed by atoms with van der Waals surface area (Å²) in [6.45, 7) is 3.86. The lowest BCUT2D eigenvalue weighted by Gasteiger charge is -2.04. The van der Waals surface area contributed by atoms with Crippen LogP contribution in [0.25, 0.3) is 0 Å². The average Bonchev–Trinajstić information content (AvgIpc) is 2.84. The zero-order valence-corrected chi connectivity index (χ0v) is 10.1. The Bertz CT molecular complexity index is 540. The van der Waals surface area contributed by atoms with E-state index in [2.05, 4.69) is 20.6 Å². The first-order chi connectivity index (χ1) is 8.11. The van der Waals surface area contributed by atoms with Crippen molar-refractivity contribution in [2.24, 2.45) is 7.05 Å². The second kappa shape index (κ2) is 4.40. The first-order valence-electron chi connectivity index (χ1n) is 5.46. The van der Waals surface area contributed by atoms with E-state index in [1.807, 2.05) is 13.8 Å².